The Hall–Kier alpha value is -2.84. The van der Waals surface area contributed by atoms with E-state index in [9.17, 15) is 19.4 Å². The third kappa shape index (κ3) is 37.5. The smallest absolute Gasteiger partial charge is 0.268 e. The number of hydrogen-bond donors (Lipinski definition) is 2. The molecule has 0 heterocycles. The van der Waals surface area contributed by atoms with Gasteiger partial charge < -0.3 is 28.8 Å². The van der Waals surface area contributed by atoms with Crippen molar-refractivity contribution in [1.82, 2.24) is 5.32 Å². The van der Waals surface area contributed by atoms with Crippen molar-refractivity contribution in [3.8, 4) is 0 Å². The lowest BCUT2D eigenvalue weighted by molar-refractivity contribution is -0.870. The molecule has 54 heavy (non-hydrogen) atoms. The van der Waals surface area contributed by atoms with Crippen LogP contribution in [0, 0.1) is 0 Å². The first-order valence-electron chi connectivity index (χ1n) is 20.2. The zero-order valence-corrected chi connectivity index (χ0v) is 35.3. The Labute approximate surface area is 330 Å². The molecule has 0 fully saturated rings. The number of phosphoric ester groups is 1. The van der Waals surface area contributed by atoms with Gasteiger partial charge in [-0.05, 0) is 83.5 Å². The summed E-state index contributed by atoms with van der Waals surface area (Å²) in [6.45, 7) is 4.36. The molecule has 0 aliphatic heterocycles. The van der Waals surface area contributed by atoms with E-state index in [1.54, 1.807) is 6.08 Å². The van der Waals surface area contributed by atoms with Gasteiger partial charge in [0.2, 0.25) is 5.91 Å². The molecular weight excluding hydrogens is 695 g/mol. The highest BCUT2D eigenvalue weighted by molar-refractivity contribution is 7.45. The molecule has 0 rings (SSSR count). The van der Waals surface area contributed by atoms with E-state index >= 15 is 0 Å². The molecular formula is C45H75N2O6P. The van der Waals surface area contributed by atoms with E-state index in [0.29, 0.717) is 17.4 Å². The molecule has 0 aromatic carbocycles. The minimum absolute atomic E-state index is 0.0245. The lowest BCUT2D eigenvalue weighted by Crippen LogP contribution is -2.45. The maximum atomic E-state index is 12.8. The number of phosphoric acid groups is 1. The summed E-state index contributed by atoms with van der Waals surface area (Å²) in [7, 11) is 1.18. The van der Waals surface area contributed by atoms with Crippen LogP contribution in [0.2, 0.25) is 0 Å². The number of nitrogens with one attached hydrogen (secondary N) is 1. The normalized spacial score (nSPS) is 15.6. The fourth-order valence-electron chi connectivity index (χ4n) is 4.74. The van der Waals surface area contributed by atoms with Crippen molar-refractivity contribution in [3.05, 3.63) is 109 Å². The van der Waals surface area contributed by atoms with E-state index in [4.69, 9.17) is 9.05 Å². The van der Waals surface area contributed by atoms with Crippen molar-refractivity contribution >= 4 is 13.7 Å². The summed E-state index contributed by atoms with van der Waals surface area (Å²) in [4.78, 5) is 25.1. The summed E-state index contributed by atoms with van der Waals surface area (Å²) < 4.78 is 23.0. The molecule has 9 heteroatoms. The van der Waals surface area contributed by atoms with Crippen LogP contribution in [0.3, 0.4) is 0 Å². The van der Waals surface area contributed by atoms with Gasteiger partial charge in [0.25, 0.3) is 7.82 Å². The average Bonchev–Trinajstić information content (AvgIpc) is 3.12. The van der Waals surface area contributed by atoms with Gasteiger partial charge in [-0.2, -0.15) is 0 Å². The van der Waals surface area contributed by atoms with Gasteiger partial charge in [0, 0.05) is 6.42 Å². The van der Waals surface area contributed by atoms with E-state index < -0.39 is 26.6 Å². The Kier molecular flexibility index (Phi) is 34.0. The topological polar surface area (TPSA) is 108 Å². The minimum atomic E-state index is -4.61. The second-order valence-corrected chi connectivity index (χ2v) is 15.7. The van der Waals surface area contributed by atoms with Gasteiger partial charge in [-0.25, -0.2) is 0 Å². The van der Waals surface area contributed by atoms with E-state index in [-0.39, 0.29) is 18.9 Å². The third-order valence-corrected chi connectivity index (χ3v) is 8.93. The molecule has 306 valence electrons. The lowest BCUT2D eigenvalue weighted by atomic mass is 10.1. The van der Waals surface area contributed by atoms with Crippen LogP contribution >= 0.6 is 7.82 Å². The zero-order valence-electron chi connectivity index (χ0n) is 34.4. The Morgan fingerprint density at radius 1 is 0.667 bits per heavy atom. The van der Waals surface area contributed by atoms with Crippen LogP contribution in [-0.4, -0.2) is 68.5 Å². The number of hydrogen-bond acceptors (Lipinski definition) is 6. The largest absolute Gasteiger partial charge is 0.756 e. The molecule has 0 saturated carbocycles. The molecule has 3 unspecified atom stereocenters. The summed E-state index contributed by atoms with van der Waals surface area (Å²) in [6, 6.07) is -0.939. The first-order valence-corrected chi connectivity index (χ1v) is 21.7. The first-order chi connectivity index (χ1) is 26.0. The van der Waals surface area contributed by atoms with Crippen LogP contribution in [0.5, 0.6) is 0 Å². The van der Waals surface area contributed by atoms with Crippen molar-refractivity contribution in [3.63, 3.8) is 0 Å². The highest BCUT2D eigenvalue weighted by Gasteiger charge is 2.23. The third-order valence-electron chi connectivity index (χ3n) is 7.97. The molecule has 0 radical (unpaired) electrons. The highest BCUT2D eigenvalue weighted by atomic mass is 31.2. The molecule has 0 saturated heterocycles. The SMILES string of the molecule is CC/C=C\C/C=C\C/C=C\C/C=C\C/C=C\C/C=C\C/C=C\CCCC(=O)NC(COP(=O)([O-])OCC[N+](C)(C)C)C(O)/C=C/CC/C=C/CCCCC. The van der Waals surface area contributed by atoms with E-state index in [2.05, 4.69) is 116 Å². The van der Waals surface area contributed by atoms with Crippen molar-refractivity contribution in [1.29, 1.82) is 0 Å². The molecule has 0 aliphatic rings. The van der Waals surface area contributed by atoms with Gasteiger partial charge in [0.05, 0.1) is 39.9 Å². The summed E-state index contributed by atoms with van der Waals surface area (Å²) in [5, 5.41) is 13.6. The Balaban J connectivity index is 4.54. The van der Waals surface area contributed by atoms with Crippen molar-refractivity contribution < 1.29 is 32.9 Å². The second kappa shape index (κ2) is 35.8. The lowest BCUT2D eigenvalue weighted by Gasteiger charge is -2.29. The fourth-order valence-corrected chi connectivity index (χ4v) is 5.46. The molecule has 0 aromatic heterocycles. The predicted octanol–water partition coefficient (Wildman–Crippen LogP) is 10.3. The maximum Gasteiger partial charge on any atom is 0.268 e. The van der Waals surface area contributed by atoms with Gasteiger partial charge in [0.15, 0.2) is 0 Å². The molecule has 8 nitrogen and oxygen atoms in total. The van der Waals surface area contributed by atoms with Gasteiger partial charge in [0.1, 0.15) is 13.2 Å². The predicted molar refractivity (Wildman–Crippen MR) is 228 cm³/mol. The number of quaternary nitrogens is 1. The highest BCUT2D eigenvalue weighted by Crippen LogP contribution is 2.38. The minimum Gasteiger partial charge on any atom is -0.756 e. The number of aliphatic hydroxyl groups is 1. The number of nitrogens with zero attached hydrogens (tertiary/aromatic N) is 1. The molecule has 0 aliphatic carbocycles. The number of carbonyl (C=O) groups is 1. The Morgan fingerprint density at radius 2 is 1.13 bits per heavy atom. The van der Waals surface area contributed by atoms with Gasteiger partial charge in [-0.1, -0.05) is 136 Å². The van der Waals surface area contributed by atoms with Gasteiger partial charge >= 0.3 is 0 Å². The fraction of sp³-hybridized carbons (Fsp3) is 0.578. The van der Waals surface area contributed by atoms with Crippen LogP contribution in [0.4, 0.5) is 0 Å². The maximum absolute atomic E-state index is 12.8. The van der Waals surface area contributed by atoms with E-state index in [0.717, 1.165) is 70.6 Å². The van der Waals surface area contributed by atoms with Crippen LogP contribution in [0.15, 0.2) is 109 Å². The van der Waals surface area contributed by atoms with Crippen molar-refractivity contribution in [2.75, 3.05) is 40.9 Å². The van der Waals surface area contributed by atoms with Crippen LogP contribution < -0.4 is 10.2 Å². The monoisotopic (exact) mass is 771 g/mol. The number of carbonyl (C=O) groups excluding carboxylic acids is 1. The molecule has 2 N–H and O–H groups in total. The first kappa shape index (κ1) is 51.2. The van der Waals surface area contributed by atoms with Crippen LogP contribution in [-0.2, 0) is 18.4 Å². The summed E-state index contributed by atoms with van der Waals surface area (Å²) >= 11 is 0. The molecule has 0 aromatic rings. The summed E-state index contributed by atoms with van der Waals surface area (Å²) in [6.07, 6.45) is 51.6. The van der Waals surface area contributed by atoms with Crippen LogP contribution in [0.25, 0.3) is 0 Å². The number of allylic oxidation sites excluding steroid dienone is 17. The van der Waals surface area contributed by atoms with Gasteiger partial charge in [-0.15, -0.1) is 0 Å². The molecule has 0 bridgehead atoms. The number of amides is 1. The van der Waals surface area contributed by atoms with Crippen LogP contribution in [0.1, 0.15) is 117 Å². The van der Waals surface area contributed by atoms with Crippen molar-refractivity contribution in [2.24, 2.45) is 0 Å². The quantitative estimate of drug-likeness (QED) is 0.0292. The second-order valence-electron chi connectivity index (χ2n) is 14.2. The number of rotatable bonds is 34. The van der Waals surface area contributed by atoms with E-state index in [1.165, 1.54) is 19.3 Å². The molecule has 0 spiro atoms. The number of unbranched alkanes of at least 4 members (excludes halogenated alkanes) is 5. The summed E-state index contributed by atoms with van der Waals surface area (Å²) in [5.41, 5.74) is 0. The molecule has 3 atom stereocenters. The molecule has 1 amide bonds. The van der Waals surface area contributed by atoms with Crippen molar-refractivity contribution in [2.45, 2.75) is 129 Å². The average molecular weight is 771 g/mol. The van der Waals surface area contributed by atoms with E-state index in [1.807, 2.05) is 27.2 Å². The number of aliphatic hydroxyl groups excluding tert-OH is 1. The standard InChI is InChI=1S/C45H75N2O6P/c1-6-8-10-12-14-16-17-18-19-20-21-22-23-24-25-26-27-28-29-31-33-35-37-39-45(49)46-43(42-53-54(50,51)52-41-40-47(3,4)5)44(48)38-36-34-32-30-15-13-11-9-7-2/h8,10,14-16,18-19,21-22,24-25,27-28,30-31,33,36,38,43-44,48H,6-7,9,11-13,17,20,23,26,29,32,34-35,37,39-42H2,1-5H3,(H-,46,49,50,51)/b10-8-,16-14-,19-18-,22-21-,25-24-,28-27-,30-15+,33-31-,38-36+. The Bertz CT molecular complexity index is 1240. The Morgan fingerprint density at radius 3 is 1.65 bits per heavy atom. The van der Waals surface area contributed by atoms with Gasteiger partial charge in [-0.3, -0.25) is 9.36 Å². The summed E-state index contributed by atoms with van der Waals surface area (Å²) in [5.74, 6) is -0.275. The number of likely N-dealkylation sites (N-methyl/N-ethyl adjacent to an activating group) is 1. The zero-order chi connectivity index (χ0) is 40.0.